The van der Waals surface area contributed by atoms with Crippen LogP contribution in [0.1, 0.15) is 25.6 Å². The number of aromatic nitrogens is 1. The molecule has 225 valence electrons. The van der Waals surface area contributed by atoms with Crippen LogP contribution < -0.4 is 11.1 Å². The summed E-state index contributed by atoms with van der Waals surface area (Å²) in [5, 5.41) is 12.6. The lowest BCUT2D eigenvalue weighted by atomic mass is 10.1. The number of rotatable bonds is 6. The lowest BCUT2D eigenvalue weighted by Crippen LogP contribution is -2.44. The maximum Gasteiger partial charge on any atom is 0.419 e. The monoisotopic (exact) mass is 639 g/mol. The highest BCUT2D eigenvalue weighted by Gasteiger charge is 2.29. The standard InChI is InChI=1S/C29H31N4O7S2Si/c1-29(2,3)40-28(36)33-15-22(38-8-9-43(16-33)37-5)26(34)31-18(14-30)11-19-12-24-25(41-19)13-23(42-24)17-6-7-21-20(10-17)32(4)27(35)39-21/h6-7,10,12-13,15,18H,8-9,11,16H2,1-5H3,(H,31,34)/b22-15-. The van der Waals surface area contributed by atoms with Crippen LogP contribution in [-0.2, 0) is 32.2 Å². The SMILES string of the molecule is CO[Si]1CCO/C(C(=O)NC(C#N)Cc2cc3sc(-c4ccc5oc(=O)n(C)c5c4)cc3s2)=C\N(C(=O)OC(C)(C)C)C1. The van der Waals surface area contributed by atoms with Crippen molar-refractivity contribution in [2.75, 3.05) is 19.9 Å². The third-order valence-corrected chi connectivity index (χ3v) is 11.0. The highest BCUT2D eigenvalue weighted by molar-refractivity contribution is 7.29. The van der Waals surface area contributed by atoms with Crippen molar-refractivity contribution in [1.29, 1.82) is 5.26 Å². The zero-order valence-corrected chi connectivity index (χ0v) is 27.0. The Morgan fingerprint density at radius 2 is 1.98 bits per heavy atom. The quantitative estimate of drug-likeness (QED) is 0.294. The van der Waals surface area contributed by atoms with E-state index in [2.05, 4.69) is 17.5 Å². The van der Waals surface area contributed by atoms with Crippen molar-refractivity contribution >= 4 is 64.2 Å². The molecule has 0 fully saturated rings. The molecule has 0 aliphatic carbocycles. The van der Waals surface area contributed by atoms with Gasteiger partial charge in [-0.25, -0.2) is 9.59 Å². The van der Waals surface area contributed by atoms with E-state index in [1.165, 1.54) is 15.7 Å². The summed E-state index contributed by atoms with van der Waals surface area (Å²) in [6.45, 7) is 5.56. The second-order valence-corrected chi connectivity index (χ2v) is 15.5. The summed E-state index contributed by atoms with van der Waals surface area (Å²) in [6, 6.07) is 11.7. The maximum atomic E-state index is 13.2. The fraction of sp³-hybridized carbons (Fsp3) is 0.379. The van der Waals surface area contributed by atoms with Gasteiger partial charge in [-0.15, -0.1) is 22.7 Å². The van der Waals surface area contributed by atoms with Crippen LogP contribution in [0.3, 0.4) is 0 Å². The molecular formula is C29H31N4O7S2Si. The van der Waals surface area contributed by atoms with Gasteiger partial charge in [0.25, 0.3) is 5.91 Å². The fourth-order valence-electron chi connectivity index (χ4n) is 4.46. The van der Waals surface area contributed by atoms with Gasteiger partial charge in [-0.1, -0.05) is 0 Å². The first-order chi connectivity index (χ1) is 20.4. The van der Waals surface area contributed by atoms with E-state index in [0.717, 1.165) is 30.2 Å². The number of carbonyl (C=O) groups is 2. The van der Waals surface area contributed by atoms with E-state index in [1.807, 2.05) is 18.2 Å². The molecule has 1 aliphatic rings. The largest absolute Gasteiger partial charge is 0.487 e. The van der Waals surface area contributed by atoms with Crippen molar-refractivity contribution in [3.63, 3.8) is 0 Å². The summed E-state index contributed by atoms with van der Waals surface area (Å²) in [5.41, 5.74) is 1.53. The molecule has 2 amide bonds. The van der Waals surface area contributed by atoms with Gasteiger partial charge >= 0.3 is 11.8 Å². The van der Waals surface area contributed by atoms with Crippen LogP contribution in [0.15, 0.2) is 51.5 Å². The third-order valence-electron chi connectivity index (χ3n) is 6.60. The van der Waals surface area contributed by atoms with Gasteiger partial charge in [0.05, 0.1) is 24.4 Å². The number of thiophene rings is 2. The zero-order valence-electron chi connectivity index (χ0n) is 24.4. The second-order valence-electron chi connectivity index (χ2n) is 11.0. The highest BCUT2D eigenvalue weighted by Crippen LogP contribution is 2.39. The molecule has 1 aliphatic heterocycles. The molecule has 1 N–H and O–H groups in total. The van der Waals surface area contributed by atoms with Gasteiger partial charge in [0.15, 0.2) is 5.58 Å². The molecule has 5 rings (SSSR count). The number of nitrogens with one attached hydrogen (secondary N) is 1. The number of amides is 2. The van der Waals surface area contributed by atoms with Crippen LogP contribution >= 0.6 is 22.7 Å². The molecule has 0 saturated heterocycles. The Bertz CT molecular complexity index is 1780. The average molecular weight is 640 g/mol. The summed E-state index contributed by atoms with van der Waals surface area (Å²) in [5.74, 6) is -1.05. The number of nitrogens with zero attached hydrogens (tertiary/aromatic N) is 3. The molecular weight excluding hydrogens is 609 g/mol. The molecule has 0 spiro atoms. The van der Waals surface area contributed by atoms with Gasteiger partial charge in [-0.2, -0.15) is 5.26 Å². The fourth-order valence-corrected chi connectivity index (χ4v) is 8.35. The van der Waals surface area contributed by atoms with Crippen molar-refractivity contribution in [2.24, 2.45) is 7.05 Å². The summed E-state index contributed by atoms with van der Waals surface area (Å²) < 4.78 is 25.6. The normalized spacial score (nSPS) is 16.6. The van der Waals surface area contributed by atoms with Crippen molar-refractivity contribution in [2.45, 2.75) is 44.9 Å². The molecule has 4 aromatic rings. The first kappa shape index (κ1) is 30.6. The number of hydrogen-bond acceptors (Lipinski definition) is 10. The molecule has 1 aromatic carbocycles. The van der Waals surface area contributed by atoms with Crippen molar-refractivity contribution < 1.29 is 27.9 Å². The lowest BCUT2D eigenvalue weighted by molar-refractivity contribution is -0.121. The van der Waals surface area contributed by atoms with Gasteiger partial charge in [-0.05, 0) is 56.7 Å². The van der Waals surface area contributed by atoms with E-state index >= 15 is 0 Å². The van der Waals surface area contributed by atoms with Crippen LogP contribution in [0.5, 0.6) is 0 Å². The van der Waals surface area contributed by atoms with E-state index < -0.39 is 38.4 Å². The average Bonchev–Trinajstić information content (AvgIpc) is 3.58. The summed E-state index contributed by atoms with van der Waals surface area (Å²) in [4.78, 5) is 41.2. The van der Waals surface area contributed by atoms with Crippen molar-refractivity contribution in [1.82, 2.24) is 14.8 Å². The maximum absolute atomic E-state index is 13.2. The Kier molecular flexibility index (Phi) is 8.79. The smallest absolute Gasteiger partial charge is 0.419 e. The van der Waals surface area contributed by atoms with Crippen molar-refractivity contribution in [3.8, 4) is 16.5 Å². The Morgan fingerprint density at radius 3 is 2.67 bits per heavy atom. The molecule has 1 unspecified atom stereocenters. The number of ether oxygens (including phenoxy) is 2. The minimum Gasteiger partial charge on any atom is -0.487 e. The molecule has 3 aromatic heterocycles. The predicted molar refractivity (Wildman–Crippen MR) is 166 cm³/mol. The van der Waals surface area contributed by atoms with Crippen LogP contribution in [0.2, 0.25) is 6.04 Å². The summed E-state index contributed by atoms with van der Waals surface area (Å²) in [6.07, 6.45) is 1.33. The van der Waals surface area contributed by atoms with Crippen LogP contribution in [-0.4, -0.2) is 62.0 Å². The first-order valence-electron chi connectivity index (χ1n) is 13.5. The Balaban J connectivity index is 1.29. The number of fused-ring (bicyclic) bond motifs is 2. The molecule has 11 nitrogen and oxygen atoms in total. The number of oxazole rings is 1. The predicted octanol–water partition coefficient (Wildman–Crippen LogP) is 4.91. The van der Waals surface area contributed by atoms with E-state index in [1.54, 1.807) is 63.7 Å². The van der Waals surface area contributed by atoms with E-state index in [9.17, 15) is 19.6 Å². The number of aryl methyl sites for hydroxylation is 1. The van der Waals surface area contributed by atoms with E-state index in [4.69, 9.17) is 18.3 Å². The minimum atomic E-state index is -1.39. The minimum absolute atomic E-state index is 0.0628. The molecule has 0 saturated carbocycles. The number of carbonyl (C=O) groups excluding carboxylic acids is 2. The Labute approximate surface area is 257 Å². The van der Waals surface area contributed by atoms with Gasteiger partial charge in [-0.3, -0.25) is 14.3 Å². The summed E-state index contributed by atoms with van der Waals surface area (Å²) >= 11 is 3.17. The lowest BCUT2D eigenvalue weighted by Gasteiger charge is -2.29. The molecule has 1 atom stereocenters. The molecule has 14 heteroatoms. The van der Waals surface area contributed by atoms with Gasteiger partial charge in [0.2, 0.25) is 14.8 Å². The number of hydrogen-bond donors (Lipinski definition) is 1. The van der Waals surface area contributed by atoms with Gasteiger partial charge in [0, 0.05) is 51.9 Å². The second kappa shape index (κ2) is 12.4. The zero-order chi connectivity index (χ0) is 30.9. The molecule has 1 radical (unpaired) electrons. The Hall–Kier alpha value is -3.90. The van der Waals surface area contributed by atoms with E-state index in [-0.39, 0.29) is 12.4 Å². The highest BCUT2D eigenvalue weighted by atomic mass is 32.1. The topological polar surface area (TPSA) is 136 Å². The molecule has 43 heavy (non-hydrogen) atoms. The molecule has 0 bridgehead atoms. The number of nitriles is 1. The first-order valence-corrected chi connectivity index (χ1v) is 16.9. The molecule has 4 heterocycles. The van der Waals surface area contributed by atoms with Gasteiger partial charge in [0.1, 0.15) is 11.6 Å². The summed E-state index contributed by atoms with van der Waals surface area (Å²) in [7, 11) is 1.88. The van der Waals surface area contributed by atoms with Crippen LogP contribution in [0.25, 0.3) is 30.9 Å². The number of benzene rings is 1. The van der Waals surface area contributed by atoms with E-state index in [0.29, 0.717) is 24.2 Å². The Morgan fingerprint density at radius 1 is 1.21 bits per heavy atom. The van der Waals surface area contributed by atoms with Crippen LogP contribution in [0, 0.1) is 11.3 Å². The third kappa shape index (κ3) is 7.02. The van der Waals surface area contributed by atoms with Crippen molar-refractivity contribution in [3.05, 3.63) is 57.7 Å². The van der Waals surface area contributed by atoms with Crippen LogP contribution in [0.4, 0.5) is 4.79 Å². The van der Waals surface area contributed by atoms with Gasteiger partial charge < -0.3 is 23.6 Å².